The number of aryl methyl sites for hydroxylation is 1. The molecular formula is C28H38F3N7O. The fourth-order valence-corrected chi connectivity index (χ4v) is 5.72. The second-order valence-corrected chi connectivity index (χ2v) is 10.9. The van der Waals surface area contributed by atoms with E-state index in [1.807, 2.05) is 6.07 Å². The molecule has 2 unspecified atom stereocenters. The van der Waals surface area contributed by atoms with Gasteiger partial charge in [-0.3, -0.25) is 9.69 Å². The Balaban J connectivity index is 1.26. The number of nitrogens with zero attached hydrogens (tertiary/aromatic N) is 5. The summed E-state index contributed by atoms with van der Waals surface area (Å²) >= 11 is 0. The van der Waals surface area contributed by atoms with Crippen molar-refractivity contribution in [3.05, 3.63) is 35.5 Å². The fraction of sp³-hybridized carbons (Fsp3) is 0.607. The number of piperazine rings is 1. The number of fused-ring (bicyclic) bond motifs is 2. The Morgan fingerprint density at radius 1 is 1.18 bits per heavy atom. The summed E-state index contributed by atoms with van der Waals surface area (Å²) in [5.41, 5.74) is 2.12. The molecule has 2 aliphatic heterocycles. The van der Waals surface area contributed by atoms with Gasteiger partial charge in [0.05, 0.1) is 0 Å². The van der Waals surface area contributed by atoms with Gasteiger partial charge in [0.25, 0.3) is 0 Å². The zero-order chi connectivity index (χ0) is 27.6. The summed E-state index contributed by atoms with van der Waals surface area (Å²) < 4.78 is 41.1. The van der Waals surface area contributed by atoms with E-state index in [0.717, 1.165) is 69.3 Å². The predicted octanol–water partition coefficient (Wildman–Crippen LogP) is 4.76. The minimum atomic E-state index is -4.58. The average Bonchev–Trinajstić information content (AvgIpc) is 3.25. The van der Waals surface area contributed by atoms with E-state index in [0.29, 0.717) is 19.0 Å². The first kappa shape index (κ1) is 27.5. The van der Waals surface area contributed by atoms with Crippen LogP contribution < -0.4 is 15.5 Å². The van der Waals surface area contributed by atoms with Crippen molar-refractivity contribution in [2.24, 2.45) is 5.92 Å². The Labute approximate surface area is 228 Å². The molecule has 2 N–H and O–H groups in total. The van der Waals surface area contributed by atoms with Crippen molar-refractivity contribution in [1.82, 2.24) is 19.8 Å². The van der Waals surface area contributed by atoms with E-state index in [1.165, 1.54) is 12.1 Å². The standard InChI is InChI=1S/C28H38F3N7O/c1-3-19-16-21(38-15-14-37-13-10-22(38)18-37)8-9-24(19)34-27-33-17-23(28(29,30)31)25(35-27)32-11-5-12-36(2)26(39)20-6-4-7-20/h8-9,16-17,20,22H,3-7,10-15,18H2,1-2H3,(H2,32,33,34,35). The minimum absolute atomic E-state index is 0.102. The molecule has 39 heavy (non-hydrogen) atoms. The zero-order valence-corrected chi connectivity index (χ0v) is 22.7. The second-order valence-electron chi connectivity index (χ2n) is 10.9. The number of carbonyl (C=O) groups excluding carboxylic acids is 1. The van der Waals surface area contributed by atoms with Crippen LogP contribution in [0.5, 0.6) is 0 Å². The molecule has 0 radical (unpaired) electrons. The van der Waals surface area contributed by atoms with Gasteiger partial charge in [0, 0.05) is 75.8 Å². The van der Waals surface area contributed by atoms with Gasteiger partial charge in [-0.15, -0.1) is 0 Å². The maximum Gasteiger partial charge on any atom is 0.421 e. The van der Waals surface area contributed by atoms with Gasteiger partial charge in [0.2, 0.25) is 11.9 Å². The third-order valence-electron chi connectivity index (χ3n) is 8.28. The van der Waals surface area contributed by atoms with E-state index in [2.05, 4.69) is 49.5 Å². The minimum Gasteiger partial charge on any atom is -0.369 e. The summed E-state index contributed by atoms with van der Waals surface area (Å²) in [4.78, 5) is 27.1. The van der Waals surface area contributed by atoms with Crippen molar-refractivity contribution in [3.8, 4) is 0 Å². The molecule has 2 bridgehead atoms. The van der Waals surface area contributed by atoms with Gasteiger partial charge >= 0.3 is 6.18 Å². The van der Waals surface area contributed by atoms with Gasteiger partial charge < -0.3 is 20.4 Å². The van der Waals surface area contributed by atoms with E-state index in [-0.39, 0.29) is 30.1 Å². The molecule has 0 spiro atoms. The molecule has 2 atom stereocenters. The molecule has 8 nitrogen and oxygen atoms in total. The monoisotopic (exact) mass is 545 g/mol. The maximum absolute atomic E-state index is 13.7. The van der Waals surface area contributed by atoms with Crippen LogP contribution in [-0.2, 0) is 17.4 Å². The van der Waals surface area contributed by atoms with Crippen molar-refractivity contribution in [1.29, 1.82) is 0 Å². The molecule has 11 heteroatoms. The lowest BCUT2D eigenvalue weighted by atomic mass is 9.84. The lowest BCUT2D eigenvalue weighted by molar-refractivity contribution is -0.137. The third-order valence-corrected chi connectivity index (χ3v) is 8.28. The summed E-state index contributed by atoms with van der Waals surface area (Å²) in [6.45, 7) is 7.11. The SMILES string of the molecule is CCc1cc(N2CCN3CCC2C3)ccc1Nc1ncc(C(F)(F)F)c(NCCCN(C)C(=O)C2CCC2)n1. The summed E-state index contributed by atoms with van der Waals surface area (Å²) in [6.07, 6.45) is 1.61. The Kier molecular flexibility index (Phi) is 8.16. The highest BCUT2D eigenvalue weighted by Crippen LogP contribution is 2.35. The number of nitrogens with one attached hydrogen (secondary N) is 2. The van der Waals surface area contributed by atoms with Crippen molar-refractivity contribution in [3.63, 3.8) is 0 Å². The van der Waals surface area contributed by atoms with E-state index < -0.39 is 11.7 Å². The van der Waals surface area contributed by atoms with Crippen LogP contribution in [0.4, 0.5) is 36.3 Å². The van der Waals surface area contributed by atoms with Gasteiger partial charge in [0.1, 0.15) is 11.4 Å². The molecule has 5 rings (SSSR count). The van der Waals surface area contributed by atoms with Crippen LogP contribution in [-0.4, -0.2) is 78.0 Å². The van der Waals surface area contributed by atoms with Crippen LogP contribution in [0.2, 0.25) is 0 Å². The van der Waals surface area contributed by atoms with Crippen LogP contribution in [0, 0.1) is 5.92 Å². The lowest BCUT2D eigenvalue weighted by Crippen LogP contribution is -2.46. The van der Waals surface area contributed by atoms with Crippen molar-refractivity contribution in [2.45, 2.75) is 57.7 Å². The molecule has 212 valence electrons. The van der Waals surface area contributed by atoms with Gasteiger partial charge in [-0.25, -0.2) is 4.98 Å². The summed E-state index contributed by atoms with van der Waals surface area (Å²) in [5, 5.41) is 5.98. The maximum atomic E-state index is 13.7. The number of hydrogen-bond donors (Lipinski definition) is 2. The van der Waals surface area contributed by atoms with Crippen molar-refractivity contribution >= 4 is 29.0 Å². The number of benzene rings is 1. The topological polar surface area (TPSA) is 76.6 Å². The number of carbonyl (C=O) groups is 1. The highest BCUT2D eigenvalue weighted by Gasteiger charge is 2.36. The number of anilines is 4. The van der Waals surface area contributed by atoms with E-state index in [1.54, 1.807) is 11.9 Å². The molecule has 1 saturated carbocycles. The van der Waals surface area contributed by atoms with Crippen molar-refractivity contribution < 1.29 is 18.0 Å². The molecular weight excluding hydrogens is 507 g/mol. The molecule has 2 saturated heterocycles. The molecule has 2 aromatic rings. The summed E-state index contributed by atoms with van der Waals surface area (Å²) in [6, 6.07) is 6.74. The Hall–Kier alpha value is -3.08. The molecule has 1 aromatic carbocycles. The van der Waals surface area contributed by atoms with Gasteiger partial charge in [-0.05, 0) is 55.9 Å². The van der Waals surface area contributed by atoms with Crippen LogP contribution in [0.3, 0.4) is 0 Å². The number of hydrogen-bond acceptors (Lipinski definition) is 7. The van der Waals surface area contributed by atoms with Gasteiger partial charge in [-0.1, -0.05) is 13.3 Å². The average molecular weight is 546 g/mol. The van der Waals surface area contributed by atoms with E-state index in [4.69, 9.17) is 0 Å². The molecule has 3 heterocycles. The summed E-state index contributed by atoms with van der Waals surface area (Å²) in [5.74, 6) is 0.0654. The number of aromatic nitrogens is 2. The van der Waals surface area contributed by atoms with Crippen LogP contribution in [0.1, 0.15) is 50.2 Å². The fourth-order valence-electron chi connectivity index (χ4n) is 5.72. The first-order valence-electron chi connectivity index (χ1n) is 14.0. The van der Waals surface area contributed by atoms with Crippen LogP contribution >= 0.6 is 0 Å². The third kappa shape index (κ3) is 6.23. The Morgan fingerprint density at radius 2 is 2.00 bits per heavy atom. The largest absolute Gasteiger partial charge is 0.421 e. The number of halogens is 3. The lowest BCUT2D eigenvalue weighted by Gasteiger charge is -2.36. The van der Waals surface area contributed by atoms with Crippen LogP contribution in [0.25, 0.3) is 0 Å². The smallest absolute Gasteiger partial charge is 0.369 e. The molecule has 1 amide bonds. The predicted molar refractivity (Wildman–Crippen MR) is 146 cm³/mol. The molecule has 3 fully saturated rings. The zero-order valence-electron chi connectivity index (χ0n) is 22.7. The van der Waals surface area contributed by atoms with Crippen molar-refractivity contribution in [2.75, 3.05) is 61.8 Å². The normalized spacial score (nSPS) is 21.0. The first-order chi connectivity index (χ1) is 18.7. The number of alkyl halides is 3. The molecule has 1 aliphatic carbocycles. The van der Waals surface area contributed by atoms with Gasteiger partial charge in [0.15, 0.2) is 0 Å². The highest BCUT2D eigenvalue weighted by atomic mass is 19.4. The summed E-state index contributed by atoms with van der Waals surface area (Å²) in [7, 11) is 1.75. The highest BCUT2D eigenvalue weighted by molar-refractivity contribution is 5.79. The van der Waals surface area contributed by atoms with E-state index in [9.17, 15) is 18.0 Å². The van der Waals surface area contributed by atoms with Crippen LogP contribution in [0.15, 0.2) is 24.4 Å². The Bertz CT molecular complexity index is 1170. The molecule has 3 aliphatic rings. The molecule has 1 aromatic heterocycles. The van der Waals surface area contributed by atoms with Gasteiger partial charge in [-0.2, -0.15) is 18.2 Å². The number of rotatable bonds is 10. The second kappa shape index (κ2) is 11.6. The Morgan fingerprint density at radius 3 is 2.72 bits per heavy atom. The first-order valence-corrected chi connectivity index (χ1v) is 14.0. The number of amides is 1. The van der Waals surface area contributed by atoms with E-state index >= 15 is 0 Å². The quantitative estimate of drug-likeness (QED) is 0.417.